The van der Waals surface area contributed by atoms with Gasteiger partial charge in [0.25, 0.3) is 0 Å². The molecular weight excluding hydrogens is 386 g/mol. The average Bonchev–Trinajstić information content (AvgIpc) is 2.63. The van der Waals surface area contributed by atoms with E-state index >= 15 is 0 Å². The summed E-state index contributed by atoms with van der Waals surface area (Å²) in [6.07, 6.45) is -14.4. The van der Waals surface area contributed by atoms with E-state index in [-0.39, 0.29) is 0 Å². The zero-order valence-electron chi connectivity index (χ0n) is 15.1. The number of nitrogens with one attached hydrogen (secondary N) is 1. The molecule has 2 fully saturated rings. The Hall–Kier alpha value is -1.42. The number of aliphatic carboxylic acids is 1. The minimum absolute atomic E-state index is 0.607. The quantitative estimate of drug-likeness (QED) is 0.221. The number of ether oxygens (including phenoxy) is 4. The van der Waals surface area contributed by atoms with E-state index in [9.17, 15) is 40.2 Å². The van der Waals surface area contributed by atoms with E-state index in [4.69, 9.17) is 18.9 Å². The van der Waals surface area contributed by atoms with Gasteiger partial charge in [-0.05, 0) is 0 Å². The van der Waals surface area contributed by atoms with Crippen LogP contribution in [0.2, 0.25) is 0 Å². The van der Waals surface area contributed by atoms with Gasteiger partial charge in [-0.3, -0.25) is 4.79 Å². The molecule has 2 aliphatic heterocycles. The Kier molecular flexibility index (Phi) is 7.66. The van der Waals surface area contributed by atoms with Crippen molar-refractivity contribution >= 4 is 11.9 Å². The van der Waals surface area contributed by atoms with Crippen LogP contribution in [0.3, 0.4) is 0 Å². The van der Waals surface area contributed by atoms with Crippen LogP contribution in [-0.4, -0.2) is 118 Å². The Bertz CT molecular complexity index is 561. The van der Waals surface area contributed by atoms with Crippen molar-refractivity contribution in [1.29, 1.82) is 0 Å². The van der Waals surface area contributed by atoms with Gasteiger partial charge in [0.05, 0.1) is 6.61 Å². The molecule has 7 N–H and O–H groups in total. The van der Waals surface area contributed by atoms with Gasteiger partial charge in [0.1, 0.15) is 42.7 Å². The van der Waals surface area contributed by atoms with Gasteiger partial charge in [0, 0.05) is 14.0 Å². The molecule has 0 radical (unpaired) electrons. The summed E-state index contributed by atoms with van der Waals surface area (Å²) in [5.74, 6) is -2.10. The fourth-order valence-corrected chi connectivity index (χ4v) is 3.20. The number of hydrogen-bond acceptors (Lipinski definition) is 11. The Labute approximate surface area is 159 Å². The normalized spacial score (nSPS) is 44.1. The van der Waals surface area contributed by atoms with Crippen LogP contribution in [0.4, 0.5) is 0 Å². The van der Waals surface area contributed by atoms with E-state index in [1.807, 2.05) is 0 Å². The lowest BCUT2D eigenvalue weighted by atomic mass is 9.95. The van der Waals surface area contributed by atoms with Crippen LogP contribution in [0.25, 0.3) is 0 Å². The van der Waals surface area contributed by atoms with Gasteiger partial charge in [-0.2, -0.15) is 0 Å². The van der Waals surface area contributed by atoms with E-state index in [2.05, 4.69) is 5.32 Å². The number of carbonyl (C=O) groups is 2. The predicted octanol–water partition coefficient (Wildman–Crippen LogP) is -4.51. The molecule has 2 rings (SSSR count). The number of rotatable bonds is 6. The zero-order valence-corrected chi connectivity index (χ0v) is 15.1. The number of hydrogen-bond donors (Lipinski definition) is 7. The average molecular weight is 411 g/mol. The van der Waals surface area contributed by atoms with Crippen LogP contribution in [0.5, 0.6) is 0 Å². The van der Waals surface area contributed by atoms with Gasteiger partial charge in [-0.1, -0.05) is 0 Å². The summed E-state index contributed by atoms with van der Waals surface area (Å²) in [7, 11) is 1.12. The highest BCUT2D eigenvalue weighted by molar-refractivity contribution is 5.73. The minimum Gasteiger partial charge on any atom is -0.479 e. The number of amides is 1. The van der Waals surface area contributed by atoms with E-state index in [1.54, 1.807) is 0 Å². The summed E-state index contributed by atoms with van der Waals surface area (Å²) in [6.45, 7) is 0.429. The molecule has 5 unspecified atom stereocenters. The van der Waals surface area contributed by atoms with Crippen molar-refractivity contribution in [3.8, 4) is 0 Å². The summed E-state index contributed by atoms with van der Waals surface area (Å²) in [6, 6.07) is -1.34. The van der Waals surface area contributed by atoms with E-state index in [0.29, 0.717) is 0 Å². The van der Waals surface area contributed by atoms with Crippen molar-refractivity contribution in [3.05, 3.63) is 0 Å². The Balaban J connectivity index is 2.26. The summed E-state index contributed by atoms with van der Waals surface area (Å²) >= 11 is 0. The Morgan fingerprint density at radius 3 is 2.18 bits per heavy atom. The number of carboxylic acid groups (broad SMARTS) is 1. The minimum atomic E-state index is -1.78. The summed E-state index contributed by atoms with van der Waals surface area (Å²) < 4.78 is 20.5. The number of methoxy groups -OCH3 is 1. The first-order valence-electron chi connectivity index (χ1n) is 8.44. The maximum absolute atomic E-state index is 11.4. The second-order valence-corrected chi connectivity index (χ2v) is 6.51. The van der Waals surface area contributed by atoms with E-state index < -0.39 is 79.8 Å². The van der Waals surface area contributed by atoms with Gasteiger partial charge >= 0.3 is 5.97 Å². The molecule has 2 saturated heterocycles. The maximum Gasteiger partial charge on any atom is 0.335 e. The van der Waals surface area contributed by atoms with Gasteiger partial charge in [-0.25, -0.2) is 4.79 Å². The molecule has 0 aromatic carbocycles. The first-order valence-corrected chi connectivity index (χ1v) is 8.44. The SMILES string of the molecule is CO[C@@H]1C(C(=O)O)O[C@@H](O[C@H]2C(O)C(CO)O[C@@H](O)C2NC(C)=O)C(O)[C@H]1O. The fourth-order valence-electron chi connectivity index (χ4n) is 3.20. The molecule has 0 saturated carbocycles. The molecule has 28 heavy (non-hydrogen) atoms. The molecule has 162 valence electrons. The summed E-state index contributed by atoms with van der Waals surface area (Å²) in [5, 5.41) is 61.7. The number of aliphatic hydroxyl groups excluding tert-OH is 5. The summed E-state index contributed by atoms with van der Waals surface area (Å²) in [4.78, 5) is 22.8. The zero-order chi connectivity index (χ0) is 21.2. The lowest BCUT2D eigenvalue weighted by molar-refractivity contribution is -0.338. The molecule has 10 atom stereocenters. The molecule has 2 heterocycles. The fraction of sp³-hybridized carbons (Fsp3) is 0.867. The third-order valence-electron chi connectivity index (χ3n) is 4.59. The molecule has 0 aromatic heterocycles. The molecule has 2 aliphatic rings. The lowest BCUT2D eigenvalue weighted by Crippen LogP contribution is -2.68. The second kappa shape index (κ2) is 9.39. The number of carboxylic acids is 1. The van der Waals surface area contributed by atoms with Crippen LogP contribution in [0.15, 0.2) is 0 Å². The van der Waals surface area contributed by atoms with Crippen molar-refractivity contribution in [3.63, 3.8) is 0 Å². The topological polar surface area (TPSA) is 204 Å². The Morgan fingerprint density at radius 1 is 1.04 bits per heavy atom. The van der Waals surface area contributed by atoms with E-state index in [1.165, 1.54) is 0 Å². The van der Waals surface area contributed by atoms with Gasteiger partial charge < -0.3 is 54.9 Å². The highest BCUT2D eigenvalue weighted by Crippen LogP contribution is 2.29. The highest BCUT2D eigenvalue weighted by Gasteiger charge is 2.52. The van der Waals surface area contributed by atoms with Gasteiger partial charge in [0.15, 0.2) is 18.7 Å². The third kappa shape index (κ3) is 4.59. The highest BCUT2D eigenvalue weighted by atomic mass is 16.7. The molecule has 0 spiro atoms. The predicted molar refractivity (Wildman–Crippen MR) is 85.6 cm³/mol. The third-order valence-corrected chi connectivity index (χ3v) is 4.59. The molecule has 13 heteroatoms. The standard InChI is InChI=1S/C15H25NO12/c1-4(18)16-6-10(7(19)5(3-17)26-14(6)24)27-15-9(21)8(20)11(25-2)12(28-15)13(22)23/h5-12,14-15,17,19-21,24H,3H2,1-2H3,(H,16,18)(H,22,23)/t5?,6?,7?,8-,9?,10-,11+,12?,14-,15-/m1/s1. The van der Waals surface area contributed by atoms with Crippen LogP contribution in [0, 0.1) is 0 Å². The van der Waals surface area contributed by atoms with Gasteiger partial charge in [-0.15, -0.1) is 0 Å². The molecular formula is C15H25NO12. The van der Waals surface area contributed by atoms with Gasteiger partial charge in [0.2, 0.25) is 5.91 Å². The molecule has 13 nitrogen and oxygen atoms in total. The van der Waals surface area contributed by atoms with Crippen LogP contribution >= 0.6 is 0 Å². The monoisotopic (exact) mass is 411 g/mol. The first kappa shape index (κ1) is 22.9. The van der Waals surface area contributed by atoms with Crippen molar-refractivity contribution in [2.45, 2.75) is 68.3 Å². The summed E-state index contributed by atoms with van der Waals surface area (Å²) in [5.41, 5.74) is 0. The Morgan fingerprint density at radius 2 is 1.68 bits per heavy atom. The van der Waals surface area contributed by atoms with Crippen molar-refractivity contribution < 1.29 is 59.2 Å². The second-order valence-electron chi connectivity index (χ2n) is 6.51. The van der Waals surface area contributed by atoms with E-state index in [0.717, 1.165) is 14.0 Å². The number of carbonyl (C=O) groups excluding carboxylic acids is 1. The number of aliphatic hydroxyl groups is 5. The van der Waals surface area contributed by atoms with Crippen LogP contribution < -0.4 is 5.32 Å². The molecule has 0 bridgehead atoms. The molecule has 0 aromatic rings. The lowest BCUT2D eigenvalue weighted by Gasteiger charge is -2.46. The van der Waals surface area contributed by atoms with Crippen molar-refractivity contribution in [2.24, 2.45) is 0 Å². The largest absolute Gasteiger partial charge is 0.479 e. The maximum atomic E-state index is 11.4. The van der Waals surface area contributed by atoms with Crippen LogP contribution in [-0.2, 0) is 28.5 Å². The smallest absolute Gasteiger partial charge is 0.335 e. The van der Waals surface area contributed by atoms with Crippen molar-refractivity contribution in [1.82, 2.24) is 5.32 Å². The molecule has 1 amide bonds. The molecule has 0 aliphatic carbocycles. The van der Waals surface area contributed by atoms with Crippen LogP contribution in [0.1, 0.15) is 6.92 Å². The first-order chi connectivity index (χ1) is 13.1. The van der Waals surface area contributed by atoms with Crippen molar-refractivity contribution in [2.75, 3.05) is 13.7 Å².